The lowest BCUT2D eigenvalue weighted by molar-refractivity contribution is -0.104. The van der Waals surface area contributed by atoms with Gasteiger partial charge in [0.05, 0.1) is 6.10 Å². The van der Waals surface area contributed by atoms with Gasteiger partial charge in [-0.15, -0.1) is 0 Å². The predicted octanol–water partition coefficient (Wildman–Crippen LogP) is 6.05. The van der Waals surface area contributed by atoms with Crippen molar-refractivity contribution < 1.29 is 9.90 Å². The molecule has 0 heterocycles. The van der Waals surface area contributed by atoms with Gasteiger partial charge in [-0.05, 0) is 45.1 Å². The van der Waals surface area contributed by atoms with E-state index in [9.17, 15) is 9.90 Å². The number of aliphatic hydroxyl groups excluding tert-OH is 1. The van der Waals surface area contributed by atoms with E-state index in [0.717, 1.165) is 18.3 Å². The van der Waals surface area contributed by atoms with Crippen molar-refractivity contribution in [3.8, 4) is 0 Å². The highest BCUT2D eigenvalue weighted by molar-refractivity contribution is 5.72. The van der Waals surface area contributed by atoms with Crippen molar-refractivity contribution in [3.05, 3.63) is 83.1 Å². The molecule has 0 bridgehead atoms. The molecule has 0 saturated carbocycles. The van der Waals surface area contributed by atoms with E-state index in [1.54, 1.807) is 13.0 Å². The minimum absolute atomic E-state index is 0.0627. The average Bonchev–Trinajstić information content (AvgIpc) is 2.56. The van der Waals surface area contributed by atoms with Crippen LogP contribution in [0, 0.1) is 11.3 Å². The summed E-state index contributed by atoms with van der Waals surface area (Å²) in [7, 11) is 0. The minimum atomic E-state index is -0.328. The van der Waals surface area contributed by atoms with Gasteiger partial charge in [-0.25, -0.2) is 0 Å². The molecule has 2 atom stereocenters. The van der Waals surface area contributed by atoms with Crippen LogP contribution in [0.4, 0.5) is 0 Å². The molecule has 0 aromatic carbocycles. The van der Waals surface area contributed by atoms with E-state index >= 15 is 0 Å². The number of hydrogen-bond donors (Lipinski definition) is 1. The molecule has 1 aliphatic carbocycles. The van der Waals surface area contributed by atoms with Crippen LogP contribution in [0.3, 0.4) is 0 Å². The van der Waals surface area contributed by atoms with Crippen LogP contribution < -0.4 is 0 Å². The van der Waals surface area contributed by atoms with E-state index in [4.69, 9.17) is 0 Å². The molecule has 0 spiro atoms. The standard InChI is InChI=1S/C25H34O2/c1-19(10-7-8-11-21(3)18-26)12-9-13-20(2)14-15-24-22(4)16-23(27)17-25(24,5)6/h7-16,18,23-24,27H,17H2,1-6H3/b8-7+,12-9+,15-14+,19-10+,20-13+,21-11+/t23-,24-/m0/s1. The van der Waals surface area contributed by atoms with Crippen molar-refractivity contribution in [1.29, 1.82) is 0 Å². The van der Waals surface area contributed by atoms with E-state index in [2.05, 4.69) is 52.0 Å². The Kier molecular flexibility index (Phi) is 9.17. The van der Waals surface area contributed by atoms with Gasteiger partial charge >= 0.3 is 0 Å². The Hall–Kier alpha value is -2.19. The molecule has 27 heavy (non-hydrogen) atoms. The Bertz CT molecular complexity index is 721. The van der Waals surface area contributed by atoms with E-state index in [0.29, 0.717) is 11.5 Å². The van der Waals surface area contributed by atoms with Crippen LogP contribution in [0.25, 0.3) is 0 Å². The first-order valence-corrected chi connectivity index (χ1v) is 9.52. The largest absolute Gasteiger partial charge is 0.389 e. The van der Waals surface area contributed by atoms with E-state index in [1.165, 1.54) is 11.1 Å². The van der Waals surface area contributed by atoms with Gasteiger partial charge in [0.15, 0.2) is 0 Å². The monoisotopic (exact) mass is 366 g/mol. The van der Waals surface area contributed by atoms with Gasteiger partial charge in [0.2, 0.25) is 0 Å². The number of carbonyl (C=O) groups excluding carboxylic acids is 1. The Morgan fingerprint density at radius 1 is 1.00 bits per heavy atom. The van der Waals surface area contributed by atoms with Gasteiger partial charge in [-0.2, -0.15) is 0 Å². The lowest BCUT2D eigenvalue weighted by Crippen LogP contribution is -2.32. The number of aliphatic hydroxyl groups is 1. The van der Waals surface area contributed by atoms with E-state index < -0.39 is 0 Å². The summed E-state index contributed by atoms with van der Waals surface area (Å²) in [6.45, 7) is 12.5. The summed E-state index contributed by atoms with van der Waals surface area (Å²) in [6.07, 6.45) is 21.5. The molecule has 1 N–H and O–H groups in total. The summed E-state index contributed by atoms with van der Waals surface area (Å²) >= 11 is 0. The fourth-order valence-electron chi connectivity index (χ4n) is 3.33. The molecular formula is C25H34O2. The second-order valence-electron chi connectivity index (χ2n) is 8.10. The van der Waals surface area contributed by atoms with Crippen LogP contribution in [0.15, 0.2) is 83.1 Å². The summed E-state index contributed by atoms with van der Waals surface area (Å²) in [5.74, 6) is 0.350. The molecule has 0 amide bonds. The highest BCUT2D eigenvalue weighted by atomic mass is 16.3. The Morgan fingerprint density at radius 2 is 1.56 bits per heavy atom. The van der Waals surface area contributed by atoms with Crippen molar-refractivity contribution in [2.45, 2.75) is 54.1 Å². The number of hydrogen-bond acceptors (Lipinski definition) is 2. The van der Waals surface area contributed by atoms with Gasteiger partial charge in [-0.1, -0.05) is 91.3 Å². The lowest BCUT2D eigenvalue weighted by atomic mass is 9.67. The third kappa shape index (κ3) is 8.36. The predicted molar refractivity (Wildman–Crippen MR) is 116 cm³/mol. The summed E-state index contributed by atoms with van der Waals surface area (Å²) < 4.78 is 0. The highest BCUT2D eigenvalue weighted by Crippen LogP contribution is 2.41. The van der Waals surface area contributed by atoms with Crippen molar-refractivity contribution in [3.63, 3.8) is 0 Å². The van der Waals surface area contributed by atoms with Crippen LogP contribution in [-0.2, 0) is 4.79 Å². The number of carbonyl (C=O) groups is 1. The van der Waals surface area contributed by atoms with E-state index in [-0.39, 0.29) is 11.5 Å². The first-order chi connectivity index (χ1) is 12.7. The summed E-state index contributed by atoms with van der Waals surface area (Å²) in [5, 5.41) is 9.95. The summed E-state index contributed by atoms with van der Waals surface area (Å²) in [6, 6.07) is 0. The number of aldehydes is 1. The second-order valence-corrected chi connectivity index (χ2v) is 8.10. The molecule has 0 aliphatic heterocycles. The maximum Gasteiger partial charge on any atom is 0.145 e. The van der Waals surface area contributed by atoms with Gasteiger partial charge in [0.1, 0.15) is 6.29 Å². The normalized spacial score (nSPS) is 24.9. The first-order valence-electron chi connectivity index (χ1n) is 9.52. The van der Waals surface area contributed by atoms with Gasteiger partial charge in [0.25, 0.3) is 0 Å². The molecule has 146 valence electrons. The van der Waals surface area contributed by atoms with Crippen LogP contribution >= 0.6 is 0 Å². The molecule has 0 fully saturated rings. The molecular weight excluding hydrogens is 332 g/mol. The summed E-state index contributed by atoms with van der Waals surface area (Å²) in [5.41, 5.74) is 4.33. The quantitative estimate of drug-likeness (QED) is 0.258. The molecule has 0 aromatic heterocycles. The highest BCUT2D eigenvalue weighted by Gasteiger charge is 2.34. The molecule has 0 saturated heterocycles. The molecule has 1 aliphatic rings. The van der Waals surface area contributed by atoms with Crippen LogP contribution in [0.5, 0.6) is 0 Å². The third-order valence-electron chi connectivity index (χ3n) is 4.81. The van der Waals surface area contributed by atoms with Crippen molar-refractivity contribution in [2.24, 2.45) is 11.3 Å². The van der Waals surface area contributed by atoms with Crippen LogP contribution in [-0.4, -0.2) is 17.5 Å². The average molecular weight is 367 g/mol. The van der Waals surface area contributed by atoms with Crippen molar-refractivity contribution >= 4 is 6.29 Å². The zero-order valence-electron chi connectivity index (χ0n) is 17.6. The maximum atomic E-state index is 10.5. The fraction of sp³-hybridized carbons (Fsp3) is 0.400. The Morgan fingerprint density at radius 3 is 2.15 bits per heavy atom. The molecule has 2 nitrogen and oxygen atoms in total. The van der Waals surface area contributed by atoms with Gasteiger partial charge < -0.3 is 5.11 Å². The molecule has 0 aromatic rings. The number of allylic oxidation sites excluding steroid dienone is 13. The minimum Gasteiger partial charge on any atom is -0.389 e. The fourth-order valence-corrected chi connectivity index (χ4v) is 3.33. The molecule has 0 unspecified atom stereocenters. The SMILES string of the molecule is CC1=C[C@H](O)CC(C)(C)[C@H]1/C=C/C(C)=C/C=C/C(C)=C/C=C/C=C(\C)C=O. The zero-order chi connectivity index (χ0) is 20.4. The zero-order valence-corrected chi connectivity index (χ0v) is 17.6. The second kappa shape index (κ2) is 10.8. The van der Waals surface area contributed by atoms with Crippen molar-refractivity contribution in [1.82, 2.24) is 0 Å². The van der Waals surface area contributed by atoms with Crippen molar-refractivity contribution in [2.75, 3.05) is 0 Å². The van der Waals surface area contributed by atoms with Gasteiger partial charge in [-0.3, -0.25) is 4.79 Å². The smallest absolute Gasteiger partial charge is 0.145 e. The molecule has 0 radical (unpaired) electrons. The maximum absolute atomic E-state index is 10.5. The topological polar surface area (TPSA) is 37.3 Å². The van der Waals surface area contributed by atoms with Gasteiger partial charge in [0, 0.05) is 5.92 Å². The third-order valence-corrected chi connectivity index (χ3v) is 4.81. The molecule has 1 rings (SSSR count). The number of rotatable bonds is 7. The lowest BCUT2D eigenvalue weighted by Gasteiger charge is -2.38. The van der Waals surface area contributed by atoms with Crippen LogP contribution in [0.1, 0.15) is 48.0 Å². The summed E-state index contributed by atoms with van der Waals surface area (Å²) in [4.78, 5) is 10.5. The Balaban J connectivity index is 2.71. The first kappa shape index (κ1) is 22.9. The van der Waals surface area contributed by atoms with E-state index in [1.807, 2.05) is 37.3 Å². The molecule has 2 heteroatoms. The van der Waals surface area contributed by atoms with Crippen LogP contribution in [0.2, 0.25) is 0 Å². The Labute approximate surface area is 165 Å².